The van der Waals surface area contributed by atoms with Crippen LogP contribution in [0.2, 0.25) is 0 Å². The summed E-state index contributed by atoms with van der Waals surface area (Å²) in [4.78, 5) is 22.4. The normalized spacial score (nSPS) is 11.4. The van der Waals surface area contributed by atoms with Crippen LogP contribution in [0.4, 0.5) is 5.69 Å². The summed E-state index contributed by atoms with van der Waals surface area (Å²) in [7, 11) is 0. The van der Waals surface area contributed by atoms with Crippen molar-refractivity contribution in [3.05, 3.63) is 47.5 Å². The largest absolute Gasteiger partial charge is 0.493 e. The highest BCUT2D eigenvalue weighted by Crippen LogP contribution is 2.38. The molecule has 0 aliphatic rings. The third-order valence-corrected chi connectivity index (χ3v) is 3.22. The zero-order valence-corrected chi connectivity index (χ0v) is 12.0. The number of amides is 1. The molecule has 3 rings (SSSR count). The van der Waals surface area contributed by atoms with Crippen molar-refractivity contribution < 1.29 is 9.90 Å². The Kier molecular flexibility index (Phi) is 3.38. The smallest absolute Gasteiger partial charge is 0.315 e. The zero-order valence-electron chi connectivity index (χ0n) is 12.0. The minimum atomic E-state index is -0.619. The molecule has 0 aliphatic carbocycles. The number of azo groups is 1. The molecule has 110 valence electrons. The molecule has 3 aromatic rings. The Morgan fingerprint density at radius 3 is 2.82 bits per heavy atom. The van der Waals surface area contributed by atoms with Crippen molar-refractivity contribution in [2.45, 2.75) is 13.8 Å². The van der Waals surface area contributed by atoms with Gasteiger partial charge in [-0.25, -0.2) is 4.98 Å². The molecular formula is C15H13N5O2. The molecule has 0 atom stereocenters. The first-order valence-corrected chi connectivity index (χ1v) is 6.60. The number of carbonyl (C=O) groups excluding carboxylic acids is 1. The fraction of sp³-hybridized carbons (Fsp3) is 0.133. The Balaban J connectivity index is 2.02. The van der Waals surface area contributed by atoms with Gasteiger partial charge >= 0.3 is 5.91 Å². The van der Waals surface area contributed by atoms with Crippen LogP contribution in [0.1, 0.15) is 21.6 Å². The molecule has 0 unspecified atom stereocenters. The topological polar surface area (TPSA) is 104 Å². The van der Waals surface area contributed by atoms with E-state index in [0.29, 0.717) is 0 Å². The maximum Gasteiger partial charge on any atom is 0.315 e. The van der Waals surface area contributed by atoms with Crippen LogP contribution >= 0.6 is 0 Å². The monoisotopic (exact) mass is 295 g/mol. The quantitative estimate of drug-likeness (QED) is 0.708. The van der Waals surface area contributed by atoms with Crippen LogP contribution in [-0.4, -0.2) is 26.0 Å². The van der Waals surface area contributed by atoms with Gasteiger partial charge in [-0.1, -0.05) is 6.07 Å². The standard InChI is InChI=1S/C15H13N5O2/c1-8-5-9(2)12-10(6-8)18-15(22)13(12)19-20-14(21)11-7-16-3-4-17-11/h3-7,18,22H,1-2H3. The lowest BCUT2D eigenvalue weighted by atomic mass is 10.1. The molecule has 7 heteroatoms. The first kappa shape index (κ1) is 13.9. The minimum absolute atomic E-state index is 0.0955. The summed E-state index contributed by atoms with van der Waals surface area (Å²) in [5.41, 5.74) is 3.08. The lowest BCUT2D eigenvalue weighted by Gasteiger charge is -1.99. The van der Waals surface area contributed by atoms with Crippen LogP contribution in [0.25, 0.3) is 10.9 Å². The average molecular weight is 295 g/mol. The van der Waals surface area contributed by atoms with E-state index in [9.17, 15) is 9.90 Å². The number of hydrogen-bond donors (Lipinski definition) is 2. The molecule has 1 aromatic carbocycles. The second-order valence-electron chi connectivity index (χ2n) is 4.92. The predicted octanol–water partition coefficient (Wildman–Crippen LogP) is 3.20. The Morgan fingerprint density at radius 2 is 2.09 bits per heavy atom. The number of aromatic hydroxyl groups is 1. The van der Waals surface area contributed by atoms with Crippen molar-refractivity contribution in [3.8, 4) is 5.88 Å². The zero-order chi connectivity index (χ0) is 15.7. The van der Waals surface area contributed by atoms with Gasteiger partial charge in [0.15, 0.2) is 5.69 Å². The number of benzene rings is 1. The van der Waals surface area contributed by atoms with E-state index >= 15 is 0 Å². The Morgan fingerprint density at radius 1 is 1.27 bits per heavy atom. The van der Waals surface area contributed by atoms with Crippen molar-refractivity contribution >= 4 is 22.5 Å². The number of nitrogens with one attached hydrogen (secondary N) is 1. The molecule has 0 spiro atoms. The molecule has 2 N–H and O–H groups in total. The van der Waals surface area contributed by atoms with E-state index in [0.717, 1.165) is 22.0 Å². The first-order chi connectivity index (χ1) is 10.6. The molecule has 0 radical (unpaired) electrons. The molecule has 0 fully saturated rings. The summed E-state index contributed by atoms with van der Waals surface area (Å²) in [5.74, 6) is -0.744. The number of carbonyl (C=O) groups is 1. The Hall–Kier alpha value is -3.09. The summed E-state index contributed by atoms with van der Waals surface area (Å²) >= 11 is 0. The van der Waals surface area contributed by atoms with E-state index in [1.165, 1.54) is 18.6 Å². The van der Waals surface area contributed by atoms with Crippen LogP contribution in [0.15, 0.2) is 41.0 Å². The number of aromatic amines is 1. The van der Waals surface area contributed by atoms with E-state index in [4.69, 9.17) is 0 Å². The Labute approximate surface area is 125 Å². The molecule has 2 heterocycles. The number of H-pyrrole nitrogens is 1. The third-order valence-electron chi connectivity index (χ3n) is 3.22. The summed E-state index contributed by atoms with van der Waals surface area (Å²) < 4.78 is 0. The van der Waals surface area contributed by atoms with E-state index in [-0.39, 0.29) is 17.3 Å². The maximum atomic E-state index is 11.9. The SMILES string of the molecule is Cc1cc(C)c2c(N=NC(=O)c3cnccn3)c(O)[nH]c2c1. The second kappa shape index (κ2) is 5.36. The van der Waals surface area contributed by atoms with Gasteiger partial charge in [0.25, 0.3) is 0 Å². The lowest BCUT2D eigenvalue weighted by Crippen LogP contribution is -1.97. The number of fused-ring (bicyclic) bond motifs is 1. The van der Waals surface area contributed by atoms with Gasteiger partial charge in [0.1, 0.15) is 5.69 Å². The van der Waals surface area contributed by atoms with Gasteiger partial charge < -0.3 is 10.1 Å². The van der Waals surface area contributed by atoms with Gasteiger partial charge in [-0.15, -0.1) is 10.2 Å². The fourth-order valence-electron chi connectivity index (χ4n) is 2.34. The number of nitrogens with zero attached hydrogens (tertiary/aromatic N) is 4. The van der Waals surface area contributed by atoms with Gasteiger partial charge in [0.2, 0.25) is 5.88 Å². The van der Waals surface area contributed by atoms with E-state index in [1.54, 1.807) is 0 Å². The van der Waals surface area contributed by atoms with Crippen LogP contribution < -0.4 is 0 Å². The number of rotatable bonds is 2. The number of aromatic nitrogens is 3. The van der Waals surface area contributed by atoms with Gasteiger partial charge in [-0.3, -0.25) is 9.78 Å². The average Bonchev–Trinajstić information content (AvgIpc) is 2.81. The molecule has 2 aromatic heterocycles. The summed E-state index contributed by atoms with van der Waals surface area (Å²) in [5, 5.41) is 18.2. The molecule has 0 aliphatic heterocycles. The lowest BCUT2D eigenvalue weighted by molar-refractivity contribution is 0.0990. The molecular weight excluding hydrogens is 282 g/mol. The van der Waals surface area contributed by atoms with Gasteiger partial charge in [0.05, 0.1) is 11.7 Å². The van der Waals surface area contributed by atoms with Crippen molar-refractivity contribution in [1.82, 2.24) is 15.0 Å². The Bertz CT molecular complexity index is 884. The summed E-state index contributed by atoms with van der Waals surface area (Å²) in [6.45, 7) is 3.87. The van der Waals surface area contributed by atoms with Crippen molar-refractivity contribution in [1.29, 1.82) is 0 Å². The van der Waals surface area contributed by atoms with Crippen LogP contribution in [0.3, 0.4) is 0 Å². The van der Waals surface area contributed by atoms with Crippen LogP contribution in [-0.2, 0) is 0 Å². The highest BCUT2D eigenvalue weighted by molar-refractivity contribution is 5.98. The second-order valence-corrected chi connectivity index (χ2v) is 4.92. The molecule has 0 saturated heterocycles. The number of aryl methyl sites for hydroxylation is 2. The molecule has 0 bridgehead atoms. The maximum absolute atomic E-state index is 11.9. The van der Waals surface area contributed by atoms with Crippen molar-refractivity contribution in [2.24, 2.45) is 10.2 Å². The molecule has 7 nitrogen and oxygen atoms in total. The van der Waals surface area contributed by atoms with E-state index < -0.39 is 5.91 Å². The highest BCUT2D eigenvalue weighted by atomic mass is 16.3. The predicted molar refractivity (Wildman–Crippen MR) is 80.3 cm³/mol. The molecule has 0 saturated carbocycles. The van der Waals surface area contributed by atoms with Crippen molar-refractivity contribution in [2.75, 3.05) is 0 Å². The number of hydrogen-bond acceptors (Lipinski definition) is 5. The summed E-state index contributed by atoms with van der Waals surface area (Å²) in [6.07, 6.45) is 4.18. The fourth-order valence-corrected chi connectivity index (χ4v) is 2.34. The van der Waals surface area contributed by atoms with Gasteiger partial charge in [-0.05, 0) is 31.0 Å². The minimum Gasteiger partial charge on any atom is -0.493 e. The van der Waals surface area contributed by atoms with E-state index in [2.05, 4.69) is 25.2 Å². The van der Waals surface area contributed by atoms with Gasteiger partial charge in [0, 0.05) is 17.8 Å². The third kappa shape index (κ3) is 2.44. The molecule has 22 heavy (non-hydrogen) atoms. The first-order valence-electron chi connectivity index (χ1n) is 6.60. The van der Waals surface area contributed by atoms with Gasteiger partial charge in [-0.2, -0.15) is 0 Å². The molecule has 1 amide bonds. The highest BCUT2D eigenvalue weighted by Gasteiger charge is 2.14. The van der Waals surface area contributed by atoms with Crippen LogP contribution in [0, 0.1) is 13.8 Å². The van der Waals surface area contributed by atoms with Crippen LogP contribution in [0.5, 0.6) is 5.88 Å². The van der Waals surface area contributed by atoms with E-state index in [1.807, 2.05) is 26.0 Å². The summed E-state index contributed by atoms with van der Waals surface area (Å²) in [6, 6.07) is 3.87. The van der Waals surface area contributed by atoms with Crippen molar-refractivity contribution in [3.63, 3.8) is 0 Å².